The monoisotopic (exact) mass is 218 g/mol. The quantitative estimate of drug-likeness (QED) is 0.584. The summed E-state index contributed by atoms with van der Waals surface area (Å²) >= 11 is 0. The highest BCUT2D eigenvalue weighted by Crippen LogP contribution is 2.17. The average molecular weight is 218 g/mol. The zero-order chi connectivity index (χ0) is 11.7. The number of ether oxygens (including phenoxy) is 1. The highest BCUT2D eigenvalue weighted by atomic mass is 16.5. The molecule has 1 heterocycles. The van der Waals surface area contributed by atoms with Crippen molar-refractivity contribution in [1.82, 2.24) is 9.97 Å². The van der Waals surface area contributed by atoms with Gasteiger partial charge in [-0.25, -0.2) is 9.59 Å². The maximum absolute atomic E-state index is 11.3. The first-order chi connectivity index (χ1) is 7.61. The van der Waals surface area contributed by atoms with E-state index in [-0.39, 0.29) is 11.3 Å². The molecular formula is C11H10N2O3. The second-order valence-electron chi connectivity index (χ2n) is 3.31. The van der Waals surface area contributed by atoms with Gasteiger partial charge in [-0.2, -0.15) is 0 Å². The Kier molecular flexibility index (Phi) is 2.36. The van der Waals surface area contributed by atoms with Gasteiger partial charge in [-0.15, -0.1) is 0 Å². The van der Waals surface area contributed by atoms with E-state index < -0.39 is 5.97 Å². The molecular weight excluding hydrogens is 208 g/mol. The Morgan fingerprint density at radius 3 is 2.69 bits per heavy atom. The number of carbonyl (C=O) groups excluding carboxylic acids is 1. The molecule has 0 aliphatic heterocycles. The molecule has 16 heavy (non-hydrogen) atoms. The fourth-order valence-corrected chi connectivity index (χ4v) is 1.46. The van der Waals surface area contributed by atoms with Crippen LogP contribution in [0.2, 0.25) is 0 Å². The van der Waals surface area contributed by atoms with Gasteiger partial charge in [0.1, 0.15) is 0 Å². The van der Waals surface area contributed by atoms with Gasteiger partial charge in [-0.05, 0) is 17.7 Å². The smallest absolute Gasteiger partial charge is 0.337 e. The SMILES string of the molecule is C=C(C(=O)OC)c1ccc2[nH]c(=O)[nH]c2c1. The summed E-state index contributed by atoms with van der Waals surface area (Å²) in [5, 5.41) is 0. The normalized spacial score (nSPS) is 10.3. The van der Waals surface area contributed by atoms with Gasteiger partial charge in [0.05, 0.1) is 23.7 Å². The molecule has 2 N–H and O–H groups in total. The number of H-pyrrole nitrogens is 2. The van der Waals surface area contributed by atoms with Crippen LogP contribution in [-0.2, 0) is 9.53 Å². The fourth-order valence-electron chi connectivity index (χ4n) is 1.46. The van der Waals surface area contributed by atoms with E-state index in [1.165, 1.54) is 7.11 Å². The number of benzene rings is 1. The third kappa shape index (κ3) is 1.63. The molecule has 0 radical (unpaired) electrons. The minimum absolute atomic E-state index is 0.256. The van der Waals surface area contributed by atoms with Crippen LogP contribution in [0.4, 0.5) is 0 Å². The van der Waals surface area contributed by atoms with E-state index >= 15 is 0 Å². The van der Waals surface area contributed by atoms with Gasteiger partial charge in [-0.3, -0.25) is 0 Å². The van der Waals surface area contributed by atoms with Crippen molar-refractivity contribution >= 4 is 22.6 Å². The Hall–Kier alpha value is -2.30. The van der Waals surface area contributed by atoms with Crippen molar-refractivity contribution in [3.8, 4) is 0 Å². The summed E-state index contributed by atoms with van der Waals surface area (Å²) in [4.78, 5) is 27.5. The summed E-state index contributed by atoms with van der Waals surface area (Å²) in [6, 6.07) is 5.08. The van der Waals surface area contributed by atoms with Crippen LogP contribution < -0.4 is 5.69 Å². The van der Waals surface area contributed by atoms with Gasteiger partial charge in [0, 0.05) is 0 Å². The summed E-state index contributed by atoms with van der Waals surface area (Å²) in [7, 11) is 1.30. The van der Waals surface area contributed by atoms with Gasteiger partial charge >= 0.3 is 11.7 Å². The number of rotatable bonds is 2. The third-order valence-corrected chi connectivity index (χ3v) is 2.30. The summed E-state index contributed by atoms with van der Waals surface area (Å²) in [6.45, 7) is 3.63. The summed E-state index contributed by atoms with van der Waals surface area (Å²) in [5.74, 6) is -0.489. The number of hydrogen-bond acceptors (Lipinski definition) is 3. The predicted octanol–water partition coefficient (Wildman–Crippen LogP) is 1.04. The standard InChI is InChI=1S/C11H10N2O3/c1-6(10(14)16-2)7-3-4-8-9(5-7)13-11(15)12-8/h3-5H,1H2,2H3,(H2,12,13,15). The molecule has 0 aliphatic rings. The van der Waals surface area contributed by atoms with Crippen LogP contribution >= 0.6 is 0 Å². The molecule has 0 spiro atoms. The molecule has 0 fully saturated rings. The van der Waals surface area contributed by atoms with Crippen LogP contribution in [0.1, 0.15) is 5.56 Å². The lowest BCUT2D eigenvalue weighted by Gasteiger charge is -2.03. The summed E-state index contributed by atoms with van der Waals surface area (Å²) < 4.78 is 4.57. The molecule has 5 heteroatoms. The number of carbonyl (C=O) groups is 1. The zero-order valence-electron chi connectivity index (χ0n) is 8.66. The van der Waals surface area contributed by atoms with Gasteiger partial charge < -0.3 is 14.7 Å². The van der Waals surface area contributed by atoms with Crippen molar-refractivity contribution in [2.24, 2.45) is 0 Å². The van der Waals surface area contributed by atoms with Crippen molar-refractivity contribution in [3.05, 3.63) is 40.8 Å². The van der Waals surface area contributed by atoms with Gasteiger partial charge in [-0.1, -0.05) is 12.6 Å². The van der Waals surface area contributed by atoms with E-state index in [0.717, 1.165) is 0 Å². The first-order valence-corrected chi connectivity index (χ1v) is 4.61. The van der Waals surface area contributed by atoms with Crippen LogP contribution in [0, 0.1) is 0 Å². The molecule has 82 valence electrons. The number of aromatic amines is 2. The highest BCUT2D eigenvalue weighted by molar-refractivity contribution is 6.16. The van der Waals surface area contributed by atoms with Gasteiger partial charge in [0.25, 0.3) is 0 Å². The molecule has 0 atom stereocenters. The fraction of sp³-hybridized carbons (Fsp3) is 0.0909. The Morgan fingerprint density at radius 1 is 1.31 bits per heavy atom. The molecule has 2 rings (SSSR count). The van der Waals surface area contributed by atoms with E-state index in [9.17, 15) is 9.59 Å². The Morgan fingerprint density at radius 2 is 2.00 bits per heavy atom. The zero-order valence-corrected chi connectivity index (χ0v) is 8.66. The number of imidazole rings is 1. The van der Waals surface area contributed by atoms with Crippen molar-refractivity contribution in [2.75, 3.05) is 7.11 Å². The molecule has 1 aromatic carbocycles. The summed E-state index contributed by atoms with van der Waals surface area (Å²) in [5.41, 5.74) is 1.91. The van der Waals surface area contributed by atoms with Gasteiger partial charge in [0.15, 0.2) is 0 Å². The number of nitrogens with one attached hydrogen (secondary N) is 2. The number of esters is 1. The van der Waals surface area contributed by atoms with Crippen LogP contribution in [0.3, 0.4) is 0 Å². The lowest BCUT2D eigenvalue weighted by Crippen LogP contribution is -2.02. The number of fused-ring (bicyclic) bond motifs is 1. The van der Waals surface area contributed by atoms with Crippen molar-refractivity contribution in [2.45, 2.75) is 0 Å². The Labute approximate surface area is 90.7 Å². The Balaban J connectivity index is 2.50. The molecule has 0 unspecified atom stereocenters. The molecule has 2 aromatic rings. The topological polar surface area (TPSA) is 75.0 Å². The third-order valence-electron chi connectivity index (χ3n) is 2.30. The maximum atomic E-state index is 11.3. The van der Waals surface area contributed by atoms with Crippen molar-refractivity contribution in [1.29, 1.82) is 0 Å². The molecule has 1 aromatic heterocycles. The molecule has 0 saturated heterocycles. The van der Waals surface area contributed by atoms with E-state index in [1.54, 1.807) is 18.2 Å². The minimum Gasteiger partial charge on any atom is -0.465 e. The van der Waals surface area contributed by atoms with Crippen LogP contribution in [-0.4, -0.2) is 23.0 Å². The number of methoxy groups -OCH3 is 1. The first-order valence-electron chi connectivity index (χ1n) is 4.61. The lowest BCUT2D eigenvalue weighted by atomic mass is 10.1. The summed E-state index contributed by atoms with van der Waals surface area (Å²) in [6.07, 6.45) is 0. The largest absolute Gasteiger partial charge is 0.465 e. The second kappa shape index (κ2) is 3.69. The lowest BCUT2D eigenvalue weighted by molar-refractivity contribution is -0.133. The van der Waals surface area contributed by atoms with E-state index in [1.807, 2.05) is 0 Å². The predicted molar refractivity (Wildman–Crippen MR) is 60.0 cm³/mol. The molecule has 0 aliphatic carbocycles. The molecule has 5 nitrogen and oxygen atoms in total. The maximum Gasteiger partial charge on any atom is 0.337 e. The number of aromatic nitrogens is 2. The van der Waals surface area contributed by atoms with E-state index in [2.05, 4.69) is 21.3 Å². The van der Waals surface area contributed by atoms with E-state index in [0.29, 0.717) is 16.6 Å². The average Bonchev–Trinajstić information content (AvgIpc) is 2.65. The van der Waals surface area contributed by atoms with Crippen LogP contribution in [0.15, 0.2) is 29.6 Å². The Bertz CT molecular complexity index is 621. The molecule has 0 saturated carbocycles. The molecule has 0 amide bonds. The van der Waals surface area contributed by atoms with Crippen molar-refractivity contribution in [3.63, 3.8) is 0 Å². The second-order valence-corrected chi connectivity index (χ2v) is 3.31. The first kappa shape index (κ1) is 10.2. The molecule has 0 bridgehead atoms. The number of hydrogen-bond donors (Lipinski definition) is 2. The van der Waals surface area contributed by atoms with Gasteiger partial charge in [0.2, 0.25) is 0 Å². The van der Waals surface area contributed by atoms with Crippen molar-refractivity contribution < 1.29 is 9.53 Å². The minimum atomic E-state index is -0.489. The van der Waals surface area contributed by atoms with E-state index in [4.69, 9.17) is 0 Å². The van der Waals surface area contributed by atoms with Crippen LogP contribution in [0.25, 0.3) is 16.6 Å². The highest BCUT2D eigenvalue weighted by Gasteiger charge is 2.10. The van der Waals surface area contributed by atoms with Crippen LogP contribution in [0.5, 0.6) is 0 Å².